The summed E-state index contributed by atoms with van der Waals surface area (Å²) < 4.78 is 13.7. The first-order valence-electron chi connectivity index (χ1n) is 4.97. The maximum absolute atomic E-state index is 13.7. The average Bonchev–Trinajstić information content (AvgIpc) is 2.34. The number of nitrogens with two attached hydrogens (primary N) is 1. The van der Waals surface area contributed by atoms with E-state index in [0.29, 0.717) is 21.5 Å². The average molecular weight is 269 g/mol. The zero-order valence-corrected chi connectivity index (χ0v) is 10.4. The first-order valence-corrected chi connectivity index (χ1v) is 6.17. The van der Waals surface area contributed by atoms with Gasteiger partial charge in [0.15, 0.2) is 0 Å². The molecule has 0 radical (unpaired) electrons. The van der Waals surface area contributed by atoms with E-state index >= 15 is 0 Å². The van der Waals surface area contributed by atoms with Crippen LogP contribution in [0.5, 0.6) is 0 Å². The largest absolute Gasteiger partial charge is 0.326 e. The maximum atomic E-state index is 13.7. The Kier molecular flexibility index (Phi) is 3.99. The van der Waals surface area contributed by atoms with E-state index in [1.807, 2.05) is 0 Å². The van der Waals surface area contributed by atoms with Gasteiger partial charge in [-0.1, -0.05) is 29.4 Å². The fourth-order valence-corrected chi connectivity index (χ4v) is 2.32. The van der Waals surface area contributed by atoms with E-state index in [1.165, 1.54) is 17.8 Å². The van der Waals surface area contributed by atoms with Crippen molar-refractivity contribution in [1.29, 1.82) is 0 Å². The van der Waals surface area contributed by atoms with Crippen molar-refractivity contribution in [3.63, 3.8) is 0 Å². The summed E-state index contributed by atoms with van der Waals surface area (Å²) in [5, 5.41) is 1.10. The Labute approximate surface area is 108 Å². The molecule has 0 saturated heterocycles. The third-order valence-electron chi connectivity index (χ3n) is 2.16. The predicted molar refractivity (Wildman–Crippen MR) is 67.7 cm³/mol. The number of hydrogen-bond acceptors (Lipinski definition) is 3. The number of hydrogen-bond donors (Lipinski definition) is 1. The Hall–Kier alpha value is -1.10. The van der Waals surface area contributed by atoms with E-state index in [1.54, 1.807) is 30.5 Å². The van der Waals surface area contributed by atoms with Gasteiger partial charge >= 0.3 is 0 Å². The van der Waals surface area contributed by atoms with Crippen molar-refractivity contribution in [2.45, 2.75) is 16.5 Å². The second kappa shape index (κ2) is 5.49. The van der Waals surface area contributed by atoms with Crippen LogP contribution in [0, 0.1) is 5.82 Å². The molecule has 0 amide bonds. The van der Waals surface area contributed by atoms with Gasteiger partial charge in [0, 0.05) is 17.6 Å². The predicted octanol–water partition coefficient (Wildman–Crippen LogP) is 3.48. The number of pyridine rings is 1. The summed E-state index contributed by atoms with van der Waals surface area (Å²) >= 11 is 7.16. The van der Waals surface area contributed by atoms with E-state index in [4.69, 9.17) is 17.3 Å². The van der Waals surface area contributed by atoms with Gasteiger partial charge in [-0.25, -0.2) is 9.37 Å². The van der Waals surface area contributed by atoms with Gasteiger partial charge in [0.2, 0.25) is 0 Å². The van der Waals surface area contributed by atoms with Crippen LogP contribution in [-0.2, 0) is 6.54 Å². The van der Waals surface area contributed by atoms with Crippen molar-refractivity contribution in [2.24, 2.45) is 5.73 Å². The summed E-state index contributed by atoms with van der Waals surface area (Å²) in [6, 6.07) is 8.37. The molecule has 0 aliphatic heterocycles. The summed E-state index contributed by atoms with van der Waals surface area (Å²) in [6.07, 6.45) is 1.63. The van der Waals surface area contributed by atoms with Crippen LogP contribution >= 0.6 is 23.4 Å². The molecule has 2 nitrogen and oxygen atoms in total. The fourth-order valence-electron chi connectivity index (χ4n) is 1.30. The molecule has 2 aromatic rings. The van der Waals surface area contributed by atoms with Gasteiger partial charge in [0.25, 0.3) is 0 Å². The first-order chi connectivity index (χ1) is 8.20. The lowest BCUT2D eigenvalue weighted by atomic mass is 10.2. The van der Waals surface area contributed by atoms with Crippen LogP contribution < -0.4 is 5.73 Å². The van der Waals surface area contributed by atoms with Crippen LogP contribution in [0.15, 0.2) is 46.5 Å². The van der Waals surface area contributed by atoms with E-state index in [-0.39, 0.29) is 5.82 Å². The Morgan fingerprint density at radius 3 is 2.82 bits per heavy atom. The molecule has 88 valence electrons. The van der Waals surface area contributed by atoms with E-state index in [2.05, 4.69) is 4.98 Å². The molecule has 2 N–H and O–H groups in total. The number of benzene rings is 1. The van der Waals surface area contributed by atoms with Crippen molar-refractivity contribution in [1.82, 2.24) is 4.98 Å². The van der Waals surface area contributed by atoms with Gasteiger partial charge in [-0.3, -0.25) is 0 Å². The fraction of sp³-hybridized carbons (Fsp3) is 0.0833. The van der Waals surface area contributed by atoms with Crippen molar-refractivity contribution in [3.05, 3.63) is 52.9 Å². The third-order valence-corrected chi connectivity index (χ3v) is 3.65. The molecule has 1 aromatic carbocycles. The van der Waals surface area contributed by atoms with Gasteiger partial charge in [0.05, 0.1) is 5.02 Å². The highest BCUT2D eigenvalue weighted by molar-refractivity contribution is 7.99. The van der Waals surface area contributed by atoms with E-state index < -0.39 is 0 Å². The molecule has 1 aromatic heterocycles. The Bertz CT molecular complexity index is 534. The molecule has 5 heteroatoms. The zero-order chi connectivity index (χ0) is 12.3. The van der Waals surface area contributed by atoms with Crippen LogP contribution in [0.1, 0.15) is 5.56 Å². The topological polar surface area (TPSA) is 38.9 Å². The number of nitrogens with zero attached hydrogens (tertiary/aromatic N) is 1. The Balaban J connectivity index is 2.28. The second-order valence-electron chi connectivity index (χ2n) is 3.36. The molecule has 0 bridgehead atoms. The minimum absolute atomic E-state index is 0.306. The summed E-state index contributed by atoms with van der Waals surface area (Å²) in [6.45, 7) is 0.326. The highest BCUT2D eigenvalue weighted by Gasteiger charge is 2.08. The molecule has 0 atom stereocenters. The third kappa shape index (κ3) is 2.97. The number of aromatic nitrogens is 1. The molecular formula is C12H10ClFN2S. The van der Waals surface area contributed by atoms with Crippen molar-refractivity contribution >= 4 is 23.4 Å². The van der Waals surface area contributed by atoms with Crippen LogP contribution in [0.3, 0.4) is 0 Å². The van der Waals surface area contributed by atoms with Crippen LogP contribution in [0.25, 0.3) is 0 Å². The molecule has 17 heavy (non-hydrogen) atoms. The molecule has 0 fully saturated rings. The smallest absolute Gasteiger partial charge is 0.137 e. The van der Waals surface area contributed by atoms with E-state index in [9.17, 15) is 4.39 Å². The lowest BCUT2D eigenvalue weighted by Gasteiger charge is -2.05. The van der Waals surface area contributed by atoms with Crippen LogP contribution in [0.4, 0.5) is 4.39 Å². The molecule has 0 spiro atoms. The Morgan fingerprint density at radius 2 is 2.18 bits per heavy atom. The Morgan fingerprint density at radius 1 is 1.35 bits per heavy atom. The SMILES string of the molecule is NCc1ccc(Sc2ncccc2Cl)c(F)c1. The van der Waals surface area contributed by atoms with E-state index in [0.717, 1.165) is 5.56 Å². The minimum Gasteiger partial charge on any atom is -0.326 e. The second-order valence-corrected chi connectivity index (χ2v) is 4.80. The number of halogens is 2. The van der Waals surface area contributed by atoms with Gasteiger partial charge in [-0.05, 0) is 29.8 Å². The minimum atomic E-state index is -0.306. The molecule has 0 aliphatic carbocycles. The summed E-state index contributed by atoms with van der Waals surface area (Å²) in [5.74, 6) is -0.306. The highest BCUT2D eigenvalue weighted by Crippen LogP contribution is 2.32. The lowest BCUT2D eigenvalue weighted by Crippen LogP contribution is -1.97. The molecular weight excluding hydrogens is 259 g/mol. The van der Waals surface area contributed by atoms with Crippen molar-refractivity contribution in [2.75, 3.05) is 0 Å². The normalized spacial score (nSPS) is 10.5. The molecule has 0 saturated carbocycles. The monoisotopic (exact) mass is 268 g/mol. The maximum Gasteiger partial charge on any atom is 0.137 e. The standard InChI is InChI=1S/C12H10ClFN2S/c13-9-2-1-5-16-12(9)17-11-4-3-8(7-15)6-10(11)14/h1-6H,7,15H2. The quantitative estimate of drug-likeness (QED) is 0.926. The molecule has 2 rings (SSSR count). The van der Waals surface area contributed by atoms with Gasteiger partial charge in [0.1, 0.15) is 10.8 Å². The van der Waals surface area contributed by atoms with Crippen molar-refractivity contribution < 1.29 is 4.39 Å². The van der Waals surface area contributed by atoms with Crippen LogP contribution in [0.2, 0.25) is 5.02 Å². The molecule has 0 unspecified atom stereocenters. The summed E-state index contributed by atoms with van der Waals surface area (Å²) in [4.78, 5) is 4.59. The summed E-state index contributed by atoms with van der Waals surface area (Å²) in [5.41, 5.74) is 6.20. The van der Waals surface area contributed by atoms with Gasteiger partial charge in [-0.15, -0.1) is 0 Å². The lowest BCUT2D eigenvalue weighted by molar-refractivity contribution is 0.599. The molecule has 0 aliphatic rings. The summed E-state index contributed by atoms with van der Waals surface area (Å²) in [7, 11) is 0. The van der Waals surface area contributed by atoms with Gasteiger partial charge < -0.3 is 5.73 Å². The first kappa shape index (κ1) is 12.4. The highest BCUT2D eigenvalue weighted by atomic mass is 35.5. The van der Waals surface area contributed by atoms with Crippen LogP contribution in [-0.4, -0.2) is 4.98 Å². The van der Waals surface area contributed by atoms with Crippen molar-refractivity contribution in [3.8, 4) is 0 Å². The zero-order valence-electron chi connectivity index (χ0n) is 8.86. The molecule has 1 heterocycles. The number of rotatable bonds is 3. The van der Waals surface area contributed by atoms with Gasteiger partial charge in [-0.2, -0.15) is 0 Å².